The zero-order valence-electron chi connectivity index (χ0n) is 25.8. The van der Waals surface area contributed by atoms with Crippen LogP contribution in [0.1, 0.15) is 47.4 Å². The molecule has 47 heavy (non-hydrogen) atoms. The Kier molecular flexibility index (Phi) is 7.19. The first-order valence-corrected chi connectivity index (χ1v) is 17.3. The standard InChI is InChI=1S/C38H29N3O4S2/c1-3-5-18-41-37(44)24-16-14-22-33-23(15-17-25(34(24)33)38(41)45)36(43)32(35(22)42)21(19-30-39-26-10-6-8-12-28(26)46-30)20-31-40(4-2)27-11-7-9-13-29(27)47-31/h6-17,19-20,39H,3-5,18H2,1-2H3/b30-19-,31-20?. The third-order valence-corrected chi connectivity index (χ3v) is 11.1. The molecule has 232 valence electrons. The number of hydrogen-bond donors (Lipinski definition) is 1. The molecule has 2 amide bonds. The molecule has 8 rings (SSSR count). The SMILES string of the molecule is CCCCN1C(=O)c2ccc3c(=O)c(=C(C=C4Sc5ccccc5N4CC)/C=C4/Nc5ccccc5S4)c(=O)c4ccc(c2c34)C1=O. The molecule has 5 aromatic rings. The summed E-state index contributed by atoms with van der Waals surface area (Å²) in [5, 5.41) is 6.62. The van der Waals surface area contributed by atoms with Crippen molar-refractivity contribution in [1.29, 1.82) is 0 Å². The van der Waals surface area contributed by atoms with Crippen molar-refractivity contribution in [3.05, 3.63) is 132 Å². The minimum absolute atomic E-state index is 0.0598. The highest BCUT2D eigenvalue weighted by Gasteiger charge is 2.34. The summed E-state index contributed by atoms with van der Waals surface area (Å²) in [6.07, 6.45) is 5.35. The number of benzene rings is 5. The average Bonchev–Trinajstić information content (AvgIpc) is 3.66. The van der Waals surface area contributed by atoms with E-state index >= 15 is 0 Å². The Morgan fingerprint density at radius 1 is 0.723 bits per heavy atom. The lowest BCUT2D eigenvalue weighted by atomic mass is 9.88. The zero-order valence-corrected chi connectivity index (χ0v) is 27.4. The number of unbranched alkanes of at least 4 members (excludes halogenated alkanes) is 1. The molecule has 0 aliphatic carbocycles. The van der Waals surface area contributed by atoms with E-state index in [-0.39, 0.29) is 5.22 Å². The molecule has 3 heterocycles. The second-order valence-electron chi connectivity index (χ2n) is 11.7. The maximum atomic E-state index is 14.5. The molecule has 0 bridgehead atoms. The highest BCUT2D eigenvalue weighted by Crippen LogP contribution is 2.46. The quantitative estimate of drug-likeness (QED) is 0.197. The van der Waals surface area contributed by atoms with Crippen LogP contribution in [-0.4, -0.2) is 29.8 Å². The minimum Gasteiger partial charge on any atom is -0.349 e. The molecule has 0 aromatic heterocycles. The van der Waals surface area contributed by atoms with Crippen molar-refractivity contribution in [2.45, 2.75) is 36.5 Å². The van der Waals surface area contributed by atoms with Gasteiger partial charge in [0, 0.05) is 55.6 Å². The van der Waals surface area contributed by atoms with Gasteiger partial charge in [0.05, 0.1) is 26.7 Å². The van der Waals surface area contributed by atoms with E-state index in [9.17, 15) is 19.2 Å². The first-order valence-electron chi connectivity index (χ1n) is 15.7. The van der Waals surface area contributed by atoms with E-state index in [4.69, 9.17) is 0 Å². The van der Waals surface area contributed by atoms with E-state index in [1.807, 2.05) is 55.5 Å². The first-order chi connectivity index (χ1) is 22.9. The second-order valence-corrected chi connectivity index (χ2v) is 13.8. The summed E-state index contributed by atoms with van der Waals surface area (Å²) in [6, 6.07) is 22.7. The van der Waals surface area contributed by atoms with E-state index in [0.29, 0.717) is 57.8 Å². The number of amides is 2. The number of hydrogen-bond acceptors (Lipinski definition) is 8. The van der Waals surface area contributed by atoms with Crippen molar-refractivity contribution in [2.24, 2.45) is 0 Å². The number of fused-ring (bicyclic) bond motifs is 2. The predicted octanol–water partition coefficient (Wildman–Crippen LogP) is 6.95. The second kappa shape index (κ2) is 11.4. The summed E-state index contributed by atoms with van der Waals surface area (Å²) in [4.78, 5) is 61.7. The van der Waals surface area contributed by atoms with Crippen molar-refractivity contribution in [2.75, 3.05) is 23.3 Å². The van der Waals surface area contributed by atoms with Gasteiger partial charge in [-0.2, -0.15) is 0 Å². The van der Waals surface area contributed by atoms with E-state index < -0.39 is 22.7 Å². The summed E-state index contributed by atoms with van der Waals surface area (Å²) in [7, 11) is 0. The Bertz CT molecular complexity index is 2310. The minimum atomic E-state index is -0.424. The van der Waals surface area contributed by atoms with E-state index in [0.717, 1.165) is 37.6 Å². The number of imide groups is 1. The number of thioether (sulfide) groups is 2. The fourth-order valence-electron chi connectivity index (χ4n) is 6.72. The van der Waals surface area contributed by atoms with Crippen molar-refractivity contribution >= 4 is 73.8 Å². The molecule has 0 spiro atoms. The number of nitrogens with one attached hydrogen (secondary N) is 1. The molecule has 5 aromatic carbocycles. The first kappa shape index (κ1) is 29.5. The number of anilines is 2. The van der Waals surface area contributed by atoms with Gasteiger partial charge >= 0.3 is 0 Å². The van der Waals surface area contributed by atoms with Gasteiger partial charge in [-0.3, -0.25) is 24.1 Å². The van der Waals surface area contributed by atoms with Crippen LogP contribution in [0.2, 0.25) is 0 Å². The van der Waals surface area contributed by atoms with Crippen LogP contribution in [0, 0.1) is 0 Å². The van der Waals surface area contributed by atoms with Crippen LogP contribution < -0.4 is 26.3 Å². The van der Waals surface area contributed by atoms with Crippen LogP contribution in [0.15, 0.2) is 114 Å². The smallest absolute Gasteiger partial charge is 0.261 e. The third-order valence-electron chi connectivity index (χ3n) is 8.96. The topological polar surface area (TPSA) is 86.8 Å². The lowest BCUT2D eigenvalue weighted by Gasteiger charge is -2.27. The number of rotatable bonds is 6. The summed E-state index contributed by atoms with van der Waals surface area (Å²) in [5.41, 5.74) is 2.38. The molecule has 0 unspecified atom stereocenters. The van der Waals surface area contributed by atoms with Crippen LogP contribution in [-0.2, 0) is 0 Å². The summed E-state index contributed by atoms with van der Waals surface area (Å²) < 4.78 is 0. The highest BCUT2D eigenvalue weighted by atomic mass is 32.2. The van der Waals surface area contributed by atoms with Gasteiger partial charge in [-0.15, -0.1) is 0 Å². The van der Waals surface area contributed by atoms with Gasteiger partial charge in [0.2, 0.25) is 0 Å². The molecule has 0 atom stereocenters. The highest BCUT2D eigenvalue weighted by molar-refractivity contribution is 8.04. The fourth-order valence-corrected chi connectivity index (χ4v) is 8.85. The van der Waals surface area contributed by atoms with Gasteiger partial charge < -0.3 is 10.2 Å². The fraction of sp³-hybridized carbons (Fsp3) is 0.158. The Labute approximate surface area is 279 Å². The van der Waals surface area contributed by atoms with Gasteiger partial charge in [0.15, 0.2) is 10.9 Å². The molecule has 1 N–H and O–H groups in total. The molecular formula is C38H29N3O4S2. The lowest BCUT2D eigenvalue weighted by molar-refractivity contribution is 0.0608. The van der Waals surface area contributed by atoms with Gasteiger partial charge in [-0.1, -0.05) is 61.1 Å². The molecule has 0 saturated heterocycles. The summed E-state index contributed by atoms with van der Waals surface area (Å²) in [6.45, 7) is 5.11. The van der Waals surface area contributed by atoms with Gasteiger partial charge in [-0.25, -0.2) is 0 Å². The van der Waals surface area contributed by atoms with Crippen LogP contribution in [0.25, 0.3) is 27.1 Å². The average molecular weight is 656 g/mol. The third kappa shape index (κ3) is 4.59. The molecule has 0 radical (unpaired) electrons. The maximum Gasteiger partial charge on any atom is 0.261 e. The van der Waals surface area contributed by atoms with Gasteiger partial charge in [0.1, 0.15) is 0 Å². The zero-order chi connectivity index (χ0) is 32.4. The van der Waals surface area contributed by atoms with Crippen LogP contribution in [0.5, 0.6) is 0 Å². The Morgan fingerprint density at radius 2 is 1.38 bits per heavy atom. The largest absolute Gasteiger partial charge is 0.349 e. The van der Waals surface area contributed by atoms with Crippen molar-refractivity contribution in [3.8, 4) is 0 Å². The Morgan fingerprint density at radius 3 is 2.04 bits per heavy atom. The van der Waals surface area contributed by atoms with Gasteiger partial charge in [0.25, 0.3) is 11.8 Å². The van der Waals surface area contributed by atoms with E-state index in [2.05, 4.69) is 29.3 Å². The van der Waals surface area contributed by atoms with Crippen LogP contribution in [0.4, 0.5) is 11.4 Å². The van der Waals surface area contributed by atoms with E-state index in [1.165, 1.54) is 4.90 Å². The predicted molar refractivity (Wildman–Crippen MR) is 191 cm³/mol. The molecule has 7 nitrogen and oxygen atoms in total. The van der Waals surface area contributed by atoms with E-state index in [1.54, 1.807) is 47.8 Å². The van der Waals surface area contributed by atoms with Crippen molar-refractivity contribution in [1.82, 2.24) is 4.90 Å². The van der Waals surface area contributed by atoms with Crippen molar-refractivity contribution in [3.63, 3.8) is 0 Å². The monoisotopic (exact) mass is 655 g/mol. The van der Waals surface area contributed by atoms with Gasteiger partial charge in [-0.05, 0) is 79.6 Å². The maximum absolute atomic E-state index is 14.5. The van der Waals surface area contributed by atoms with Crippen molar-refractivity contribution < 1.29 is 9.59 Å². The summed E-state index contributed by atoms with van der Waals surface area (Å²) >= 11 is 3.15. The van der Waals surface area contributed by atoms with Crippen LogP contribution in [0.3, 0.4) is 0 Å². The number of carbonyl (C=O) groups is 2. The lowest BCUT2D eigenvalue weighted by Crippen LogP contribution is -2.43. The molecule has 9 heteroatoms. The number of nitrogens with zero attached hydrogens (tertiary/aromatic N) is 2. The number of para-hydroxylation sites is 2. The number of carbonyl (C=O) groups excluding carboxylic acids is 2. The molecule has 0 saturated carbocycles. The molecule has 3 aliphatic rings. The molecule has 0 fully saturated rings. The molecule has 3 aliphatic heterocycles. The normalized spacial score (nSPS) is 16.9. The van der Waals surface area contributed by atoms with Crippen LogP contribution >= 0.6 is 23.5 Å². The molecular weight excluding hydrogens is 627 g/mol. The Hall–Kier alpha value is -4.86. The number of allylic oxidation sites excluding steroid dienone is 2. The summed E-state index contributed by atoms with van der Waals surface area (Å²) in [5.74, 6) is -0.783. The Balaban J connectivity index is 1.40.